The summed E-state index contributed by atoms with van der Waals surface area (Å²) in [6.45, 7) is 0. The summed E-state index contributed by atoms with van der Waals surface area (Å²) in [5, 5.41) is 0. The van der Waals surface area contributed by atoms with E-state index in [9.17, 15) is 9.18 Å². The van der Waals surface area contributed by atoms with Gasteiger partial charge in [0, 0.05) is 12.6 Å². The number of aromatic nitrogens is 1. The van der Waals surface area contributed by atoms with Crippen LogP contribution in [0.5, 0.6) is 0 Å². The van der Waals surface area contributed by atoms with Crippen LogP contribution < -0.4 is 0 Å². The normalized spacial score (nSPS) is 14.4. The van der Waals surface area contributed by atoms with Gasteiger partial charge in [-0.1, -0.05) is 12.2 Å². The molecule has 1 aliphatic rings. The summed E-state index contributed by atoms with van der Waals surface area (Å²) in [7, 11) is 0. The highest BCUT2D eigenvalue weighted by Gasteiger charge is 2.11. The molecular weight excluding hydrogens is 209 g/mol. The maximum atomic E-state index is 12.8. The molecule has 0 saturated heterocycles. The van der Waals surface area contributed by atoms with E-state index in [1.54, 1.807) is 6.08 Å². The van der Waals surface area contributed by atoms with Gasteiger partial charge in [0.1, 0.15) is 11.6 Å². The molecule has 0 N–H and O–H groups in total. The molecule has 16 heavy (non-hydrogen) atoms. The Morgan fingerprint density at radius 2 is 2.31 bits per heavy atom. The molecule has 0 bridgehead atoms. The van der Waals surface area contributed by atoms with Crippen LogP contribution in [0.15, 0.2) is 42.4 Å². The molecule has 1 heterocycles. The van der Waals surface area contributed by atoms with Crippen LogP contribution in [0.2, 0.25) is 0 Å². The smallest absolute Gasteiger partial charge is 0.344 e. The van der Waals surface area contributed by atoms with Crippen molar-refractivity contribution in [3.8, 4) is 0 Å². The quantitative estimate of drug-likeness (QED) is 0.718. The van der Waals surface area contributed by atoms with Crippen LogP contribution in [0.4, 0.5) is 4.39 Å². The summed E-state index contributed by atoms with van der Waals surface area (Å²) in [5.41, 5.74) is 0.121. The molecule has 0 spiro atoms. The summed E-state index contributed by atoms with van der Waals surface area (Å²) >= 11 is 0. The lowest BCUT2D eigenvalue weighted by molar-refractivity contribution is 0.0612. The third-order valence-electron chi connectivity index (χ3n) is 2.14. The van der Waals surface area contributed by atoms with Crippen LogP contribution in [0.1, 0.15) is 23.2 Å². The van der Waals surface area contributed by atoms with Gasteiger partial charge in [-0.2, -0.15) is 0 Å². The molecule has 0 unspecified atom stereocenters. The molecular formula is C12H10FNO2. The van der Waals surface area contributed by atoms with Gasteiger partial charge in [0.2, 0.25) is 0 Å². The average molecular weight is 219 g/mol. The number of esters is 1. The largest absolute Gasteiger partial charge is 0.427 e. The lowest BCUT2D eigenvalue weighted by Crippen LogP contribution is -2.06. The first-order valence-electron chi connectivity index (χ1n) is 4.94. The molecule has 0 fully saturated rings. The molecule has 0 aliphatic heterocycles. The Labute approximate surface area is 92.3 Å². The van der Waals surface area contributed by atoms with Crippen LogP contribution in [-0.4, -0.2) is 11.0 Å². The number of nitrogens with zero attached hydrogens (tertiary/aromatic N) is 1. The van der Waals surface area contributed by atoms with E-state index in [2.05, 4.69) is 4.98 Å². The first-order valence-corrected chi connectivity index (χ1v) is 4.94. The van der Waals surface area contributed by atoms with Crippen molar-refractivity contribution in [1.29, 1.82) is 0 Å². The summed E-state index contributed by atoms with van der Waals surface area (Å²) in [4.78, 5) is 15.2. The predicted molar refractivity (Wildman–Crippen MR) is 56.1 cm³/mol. The molecule has 3 nitrogen and oxygen atoms in total. The van der Waals surface area contributed by atoms with Crippen LogP contribution in [0.3, 0.4) is 0 Å². The van der Waals surface area contributed by atoms with E-state index in [1.807, 2.05) is 12.2 Å². The Morgan fingerprint density at radius 3 is 3.00 bits per heavy atom. The SMILES string of the molecule is O=C(OC1=CC=CCC1)c1cncc(F)c1. The number of carbonyl (C=O) groups excluding carboxylic acids is 1. The lowest BCUT2D eigenvalue weighted by atomic mass is 10.1. The number of ether oxygens (including phenoxy) is 1. The van der Waals surface area contributed by atoms with Crippen molar-refractivity contribution in [3.63, 3.8) is 0 Å². The monoisotopic (exact) mass is 219 g/mol. The Bertz CT molecular complexity index is 466. The second-order valence-electron chi connectivity index (χ2n) is 3.38. The van der Waals surface area contributed by atoms with Crippen LogP contribution in [0, 0.1) is 5.82 Å². The van der Waals surface area contributed by atoms with Gasteiger partial charge in [0.05, 0.1) is 11.8 Å². The van der Waals surface area contributed by atoms with Gasteiger partial charge in [0.15, 0.2) is 0 Å². The number of hydrogen-bond acceptors (Lipinski definition) is 3. The van der Waals surface area contributed by atoms with Gasteiger partial charge >= 0.3 is 5.97 Å². The molecule has 1 aromatic heterocycles. The standard InChI is InChI=1S/C12H10FNO2/c13-10-6-9(7-14-8-10)12(15)16-11-4-2-1-3-5-11/h1-2,4,6-8H,3,5H2. The molecule has 1 aliphatic carbocycles. The number of pyridine rings is 1. The molecule has 0 radical (unpaired) electrons. The van der Waals surface area contributed by atoms with Gasteiger partial charge in [0.25, 0.3) is 0 Å². The molecule has 1 aromatic rings. The third-order valence-corrected chi connectivity index (χ3v) is 2.14. The summed E-state index contributed by atoms with van der Waals surface area (Å²) in [5.74, 6) is -0.530. The zero-order valence-electron chi connectivity index (χ0n) is 8.52. The maximum absolute atomic E-state index is 12.8. The van der Waals surface area contributed by atoms with E-state index in [4.69, 9.17) is 4.74 Å². The summed E-state index contributed by atoms with van der Waals surface area (Å²) < 4.78 is 17.9. The van der Waals surface area contributed by atoms with Gasteiger partial charge in [-0.25, -0.2) is 9.18 Å². The Kier molecular flexibility index (Phi) is 3.10. The first-order chi connectivity index (χ1) is 7.75. The molecule has 4 heteroatoms. The first kappa shape index (κ1) is 10.5. The van der Waals surface area contributed by atoms with Crippen molar-refractivity contribution in [2.45, 2.75) is 12.8 Å². The number of hydrogen-bond donors (Lipinski definition) is 0. The fourth-order valence-corrected chi connectivity index (χ4v) is 1.37. The van der Waals surface area contributed by atoms with E-state index < -0.39 is 11.8 Å². The highest BCUT2D eigenvalue weighted by Crippen LogP contribution is 2.15. The highest BCUT2D eigenvalue weighted by molar-refractivity contribution is 5.89. The molecule has 82 valence electrons. The minimum Gasteiger partial charge on any atom is -0.427 e. The van der Waals surface area contributed by atoms with Crippen molar-refractivity contribution < 1.29 is 13.9 Å². The van der Waals surface area contributed by atoms with Gasteiger partial charge in [-0.3, -0.25) is 4.98 Å². The molecule has 0 aromatic carbocycles. The van der Waals surface area contributed by atoms with Gasteiger partial charge in [-0.05, 0) is 18.6 Å². The van der Waals surface area contributed by atoms with Crippen molar-refractivity contribution >= 4 is 5.97 Å². The summed E-state index contributed by atoms with van der Waals surface area (Å²) in [6, 6.07) is 1.11. The zero-order valence-corrected chi connectivity index (χ0v) is 8.52. The van der Waals surface area contributed by atoms with Crippen molar-refractivity contribution in [1.82, 2.24) is 4.98 Å². The van der Waals surface area contributed by atoms with E-state index in [-0.39, 0.29) is 5.56 Å². The average Bonchev–Trinajstić information content (AvgIpc) is 2.30. The molecule has 0 amide bonds. The van der Waals surface area contributed by atoms with E-state index in [0.29, 0.717) is 12.2 Å². The molecule has 0 atom stereocenters. The number of allylic oxidation sites excluding steroid dienone is 4. The topological polar surface area (TPSA) is 39.2 Å². The van der Waals surface area contributed by atoms with Gasteiger partial charge < -0.3 is 4.74 Å². The molecule has 0 saturated carbocycles. The Hall–Kier alpha value is -1.97. The zero-order chi connectivity index (χ0) is 11.4. The second-order valence-corrected chi connectivity index (χ2v) is 3.38. The fraction of sp³-hybridized carbons (Fsp3) is 0.167. The van der Waals surface area contributed by atoms with E-state index >= 15 is 0 Å². The second kappa shape index (κ2) is 4.70. The number of rotatable bonds is 2. The van der Waals surface area contributed by atoms with Crippen LogP contribution >= 0.6 is 0 Å². The van der Waals surface area contributed by atoms with Crippen molar-refractivity contribution in [2.75, 3.05) is 0 Å². The number of halogens is 1. The minimum atomic E-state index is -0.575. The van der Waals surface area contributed by atoms with Gasteiger partial charge in [-0.15, -0.1) is 0 Å². The minimum absolute atomic E-state index is 0.121. The van der Waals surface area contributed by atoms with Crippen molar-refractivity contribution in [2.24, 2.45) is 0 Å². The Morgan fingerprint density at radius 1 is 1.44 bits per heavy atom. The fourth-order valence-electron chi connectivity index (χ4n) is 1.37. The van der Waals surface area contributed by atoms with Crippen molar-refractivity contribution in [3.05, 3.63) is 53.8 Å². The number of carbonyl (C=O) groups is 1. The maximum Gasteiger partial charge on any atom is 0.344 e. The lowest BCUT2D eigenvalue weighted by Gasteiger charge is -2.09. The highest BCUT2D eigenvalue weighted by atomic mass is 19.1. The van der Waals surface area contributed by atoms with E-state index in [1.165, 1.54) is 6.20 Å². The molecule has 2 rings (SSSR count). The predicted octanol–water partition coefficient (Wildman–Crippen LogP) is 2.61. The van der Waals surface area contributed by atoms with Crippen LogP contribution in [0.25, 0.3) is 0 Å². The third kappa shape index (κ3) is 2.53. The Balaban J connectivity index is 2.08. The summed E-state index contributed by atoms with van der Waals surface area (Å²) in [6.07, 6.45) is 9.40. The van der Waals surface area contributed by atoms with Crippen LogP contribution in [-0.2, 0) is 4.74 Å². The van der Waals surface area contributed by atoms with E-state index in [0.717, 1.165) is 18.7 Å².